The van der Waals surface area contributed by atoms with Crippen LogP contribution in [0.1, 0.15) is 24.2 Å². The molecule has 0 aliphatic carbocycles. The maximum absolute atomic E-state index is 13.0. The van der Waals surface area contributed by atoms with Crippen LogP contribution in [0.15, 0.2) is 12.1 Å². The van der Waals surface area contributed by atoms with Crippen molar-refractivity contribution in [1.82, 2.24) is 15.1 Å². The van der Waals surface area contributed by atoms with Gasteiger partial charge in [0.15, 0.2) is 0 Å². The predicted molar refractivity (Wildman–Crippen MR) is 97.2 cm³/mol. The lowest BCUT2D eigenvalue weighted by molar-refractivity contribution is 0.0657. The molecule has 1 saturated heterocycles. The van der Waals surface area contributed by atoms with Crippen molar-refractivity contribution in [1.29, 1.82) is 0 Å². The van der Waals surface area contributed by atoms with Gasteiger partial charge >= 0.3 is 6.03 Å². The van der Waals surface area contributed by atoms with E-state index in [1.165, 1.54) is 21.3 Å². The van der Waals surface area contributed by atoms with Gasteiger partial charge in [0.25, 0.3) is 5.91 Å². The van der Waals surface area contributed by atoms with Crippen LogP contribution >= 0.6 is 0 Å². The van der Waals surface area contributed by atoms with Crippen LogP contribution < -0.4 is 19.5 Å². The number of ether oxygens (including phenoxy) is 3. The van der Waals surface area contributed by atoms with E-state index in [9.17, 15) is 9.59 Å². The number of nitrogens with zero attached hydrogens (tertiary/aromatic N) is 2. The third-order valence-electron chi connectivity index (χ3n) is 4.20. The van der Waals surface area contributed by atoms with Gasteiger partial charge in [-0.25, -0.2) is 4.79 Å². The first-order valence-electron chi connectivity index (χ1n) is 8.56. The van der Waals surface area contributed by atoms with Crippen LogP contribution in [0.25, 0.3) is 0 Å². The molecule has 8 heteroatoms. The molecule has 8 nitrogen and oxygen atoms in total. The van der Waals surface area contributed by atoms with Crippen molar-refractivity contribution in [2.75, 3.05) is 47.5 Å². The second-order valence-electron chi connectivity index (χ2n) is 6.29. The summed E-state index contributed by atoms with van der Waals surface area (Å²) >= 11 is 0. The van der Waals surface area contributed by atoms with E-state index in [0.29, 0.717) is 49.0 Å². The first-order valence-corrected chi connectivity index (χ1v) is 8.56. The highest BCUT2D eigenvalue weighted by Gasteiger charge is 2.29. The molecule has 1 N–H and O–H groups in total. The third-order valence-corrected chi connectivity index (χ3v) is 4.20. The first-order chi connectivity index (χ1) is 12.4. The van der Waals surface area contributed by atoms with Gasteiger partial charge in [-0.2, -0.15) is 0 Å². The van der Waals surface area contributed by atoms with Crippen LogP contribution in [0.5, 0.6) is 17.2 Å². The van der Waals surface area contributed by atoms with Crippen LogP contribution in [-0.4, -0.2) is 75.3 Å². The molecule has 0 saturated carbocycles. The lowest BCUT2D eigenvalue weighted by Crippen LogP contribution is -2.54. The topological polar surface area (TPSA) is 80.3 Å². The summed E-state index contributed by atoms with van der Waals surface area (Å²) in [6.07, 6.45) is 0. The van der Waals surface area contributed by atoms with E-state index in [-0.39, 0.29) is 18.0 Å². The zero-order valence-corrected chi connectivity index (χ0v) is 16.0. The molecular formula is C18H27N3O5. The maximum atomic E-state index is 13.0. The Morgan fingerprint density at radius 3 is 1.85 bits per heavy atom. The van der Waals surface area contributed by atoms with E-state index in [0.717, 1.165) is 0 Å². The molecule has 26 heavy (non-hydrogen) atoms. The average molecular weight is 365 g/mol. The standard InChI is InChI=1S/C18H27N3O5/c1-12(2)19-18(23)21-8-6-20(7-9-21)17(22)16-14(25-4)10-13(24-3)11-15(16)26-5/h10-12H,6-9H2,1-5H3,(H,19,23). The Morgan fingerprint density at radius 2 is 1.42 bits per heavy atom. The number of nitrogens with one attached hydrogen (secondary N) is 1. The van der Waals surface area contributed by atoms with Crippen LogP contribution in [0.4, 0.5) is 4.79 Å². The van der Waals surface area contributed by atoms with Crippen LogP contribution in [-0.2, 0) is 0 Å². The summed E-state index contributed by atoms with van der Waals surface area (Å²) in [5.41, 5.74) is 0.357. The van der Waals surface area contributed by atoms with E-state index in [4.69, 9.17) is 14.2 Å². The van der Waals surface area contributed by atoms with Crippen molar-refractivity contribution >= 4 is 11.9 Å². The fourth-order valence-corrected chi connectivity index (χ4v) is 2.83. The Morgan fingerprint density at radius 1 is 0.923 bits per heavy atom. The molecule has 1 fully saturated rings. The monoisotopic (exact) mass is 365 g/mol. The van der Waals surface area contributed by atoms with Crippen molar-refractivity contribution < 1.29 is 23.8 Å². The molecule has 2 rings (SSSR count). The Bertz CT molecular complexity index is 629. The normalized spacial score (nSPS) is 14.2. The molecule has 1 aliphatic heterocycles. The van der Waals surface area contributed by atoms with Gasteiger partial charge in [0, 0.05) is 44.4 Å². The van der Waals surface area contributed by atoms with Crippen molar-refractivity contribution in [3.8, 4) is 17.2 Å². The fraction of sp³-hybridized carbons (Fsp3) is 0.556. The second kappa shape index (κ2) is 8.64. The minimum atomic E-state index is -0.190. The predicted octanol–water partition coefficient (Wildman–Crippen LogP) is 1.59. The van der Waals surface area contributed by atoms with Gasteiger partial charge in [0.1, 0.15) is 22.8 Å². The van der Waals surface area contributed by atoms with Gasteiger partial charge in [-0.1, -0.05) is 0 Å². The molecule has 0 spiro atoms. The molecule has 0 bridgehead atoms. The highest BCUT2D eigenvalue weighted by Crippen LogP contribution is 2.35. The maximum Gasteiger partial charge on any atom is 0.317 e. The van der Waals surface area contributed by atoms with E-state index in [1.54, 1.807) is 21.9 Å². The molecule has 1 aromatic rings. The molecule has 0 atom stereocenters. The van der Waals surface area contributed by atoms with Crippen LogP contribution in [0.3, 0.4) is 0 Å². The Labute approximate surface area is 154 Å². The minimum absolute atomic E-state index is 0.0787. The Kier molecular flexibility index (Phi) is 6.54. The molecule has 0 radical (unpaired) electrons. The van der Waals surface area contributed by atoms with Gasteiger partial charge in [0.05, 0.1) is 21.3 Å². The lowest BCUT2D eigenvalue weighted by atomic mass is 10.1. The number of hydrogen-bond donors (Lipinski definition) is 1. The summed E-state index contributed by atoms with van der Waals surface area (Å²) in [5, 5.41) is 2.87. The van der Waals surface area contributed by atoms with Gasteiger partial charge in [-0.3, -0.25) is 4.79 Å². The van der Waals surface area contributed by atoms with Gasteiger partial charge in [-0.05, 0) is 13.8 Å². The number of amides is 3. The van der Waals surface area contributed by atoms with E-state index < -0.39 is 0 Å². The van der Waals surface area contributed by atoms with Gasteiger partial charge < -0.3 is 29.3 Å². The number of benzene rings is 1. The van der Waals surface area contributed by atoms with Crippen LogP contribution in [0.2, 0.25) is 0 Å². The highest BCUT2D eigenvalue weighted by molar-refractivity contribution is 6.00. The zero-order chi connectivity index (χ0) is 19.3. The van der Waals surface area contributed by atoms with E-state index >= 15 is 0 Å². The number of piperazine rings is 1. The molecule has 3 amide bonds. The number of carbonyl (C=O) groups is 2. The van der Waals surface area contributed by atoms with E-state index in [2.05, 4.69) is 5.32 Å². The van der Waals surface area contributed by atoms with Gasteiger partial charge in [-0.15, -0.1) is 0 Å². The zero-order valence-electron chi connectivity index (χ0n) is 16.0. The molecule has 1 heterocycles. The number of rotatable bonds is 5. The number of methoxy groups -OCH3 is 3. The summed E-state index contributed by atoms with van der Waals surface area (Å²) in [6, 6.07) is 3.28. The molecular weight excluding hydrogens is 338 g/mol. The summed E-state index contributed by atoms with van der Waals surface area (Å²) < 4.78 is 15.9. The molecule has 1 aromatic carbocycles. The Balaban J connectivity index is 2.14. The van der Waals surface area contributed by atoms with Gasteiger partial charge in [0.2, 0.25) is 0 Å². The second-order valence-corrected chi connectivity index (χ2v) is 6.29. The Hall–Kier alpha value is -2.64. The number of hydrogen-bond acceptors (Lipinski definition) is 5. The lowest BCUT2D eigenvalue weighted by Gasteiger charge is -2.35. The minimum Gasteiger partial charge on any atom is -0.496 e. The molecule has 144 valence electrons. The van der Waals surface area contributed by atoms with E-state index in [1.807, 2.05) is 13.8 Å². The van der Waals surface area contributed by atoms with Crippen LogP contribution in [0, 0.1) is 0 Å². The quantitative estimate of drug-likeness (QED) is 0.857. The summed E-state index contributed by atoms with van der Waals surface area (Å²) in [7, 11) is 4.54. The summed E-state index contributed by atoms with van der Waals surface area (Å²) in [5.74, 6) is 1.15. The third kappa shape index (κ3) is 4.30. The average Bonchev–Trinajstić information content (AvgIpc) is 2.65. The van der Waals surface area contributed by atoms with Crippen molar-refractivity contribution in [3.05, 3.63) is 17.7 Å². The smallest absolute Gasteiger partial charge is 0.317 e. The highest BCUT2D eigenvalue weighted by atomic mass is 16.5. The fourth-order valence-electron chi connectivity index (χ4n) is 2.83. The summed E-state index contributed by atoms with van der Waals surface area (Å²) in [4.78, 5) is 28.5. The molecule has 0 unspecified atom stereocenters. The number of carbonyl (C=O) groups excluding carboxylic acids is 2. The number of urea groups is 1. The van der Waals surface area contributed by atoms with Crippen molar-refractivity contribution in [2.24, 2.45) is 0 Å². The largest absolute Gasteiger partial charge is 0.496 e. The first kappa shape index (κ1) is 19.7. The summed E-state index contributed by atoms with van der Waals surface area (Å²) in [6.45, 7) is 5.68. The van der Waals surface area contributed by atoms with Crippen molar-refractivity contribution in [2.45, 2.75) is 19.9 Å². The van der Waals surface area contributed by atoms with Crippen molar-refractivity contribution in [3.63, 3.8) is 0 Å². The SMILES string of the molecule is COc1cc(OC)c(C(=O)N2CCN(C(=O)NC(C)C)CC2)c(OC)c1. The molecule has 0 aromatic heterocycles. The molecule has 1 aliphatic rings.